The van der Waals surface area contributed by atoms with Gasteiger partial charge in [0.15, 0.2) is 11.5 Å². The van der Waals surface area contributed by atoms with Crippen LogP contribution < -0.4 is 20.1 Å². The number of benzene rings is 1. The summed E-state index contributed by atoms with van der Waals surface area (Å²) in [7, 11) is 0. The molecule has 1 aromatic rings. The molecular weight excluding hydrogens is 360 g/mol. The summed E-state index contributed by atoms with van der Waals surface area (Å²) >= 11 is 1.83. The molecule has 8 nitrogen and oxygen atoms in total. The van der Waals surface area contributed by atoms with E-state index in [1.54, 1.807) is 18.2 Å². The van der Waals surface area contributed by atoms with Crippen LogP contribution in [-0.2, 0) is 14.3 Å². The second kappa shape index (κ2) is 8.61. The number of hydrogen-bond acceptors (Lipinski definition) is 7. The average Bonchev–Trinajstić information content (AvgIpc) is 3.13. The maximum Gasteiger partial charge on any atom is 0.313 e. The van der Waals surface area contributed by atoms with Crippen molar-refractivity contribution in [1.82, 2.24) is 5.32 Å². The highest BCUT2D eigenvalue weighted by Gasteiger charge is 2.34. The molecule has 2 amide bonds. The number of nitrogens with one attached hydrogen (secondary N) is 2. The minimum atomic E-state index is -0.758. The van der Waals surface area contributed by atoms with Crippen LogP contribution in [0.3, 0.4) is 0 Å². The van der Waals surface area contributed by atoms with Crippen molar-refractivity contribution in [2.24, 2.45) is 0 Å². The van der Waals surface area contributed by atoms with E-state index in [2.05, 4.69) is 10.6 Å². The third kappa shape index (κ3) is 4.60. The van der Waals surface area contributed by atoms with Crippen molar-refractivity contribution < 1.29 is 28.9 Å². The van der Waals surface area contributed by atoms with E-state index in [1.807, 2.05) is 11.8 Å². The largest absolute Gasteiger partial charge is 0.454 e. The number of anilines is 1. The summed E-state index contributed by atoms with van der Waals surface area (Å²) in [6.45, 7) is 0.514. The lowest BCUT2D eigenvalue weighted by molar-refractivity contribution is -0.137. The summed E-state index contributed by atoms with van der Waals surface area (Å²) in [6, 6.07) is 4.92. The molecule has 0 atom stereocenters. The van der Waals surface area contributed by atoms with Crippen molar-refractivity contribution in [2.45, 2.75) is 18.4 Å². The molecule has 1 saturated heterocycles. The van der Waals surface area contributed by atoms with Gasteiger partial charge < -0.3 is 30.0 Å². The first-order valence-electron chi connectivity index (χ1n) is 8.43. The lowest BCUT2D eigenvalue weighted by Crippen LogP contribution is -2.50. The molecule has 1 fully saturated rings. The fourth-order valence-electron chi connectivity index (χ4n) is 2.86. The van der Waals surface area contributed by atoms with E-state index in [1.165, 1.54) is 0 Å². The highest BCUT2D eigenvalue weighted by Crippen LogP contribution is 2.34. The molecule has 2 heterocycles. The predicted octanol–water partition coefficient (Wildman–Crippen LogP) is 0.745. The molecule has 3 N–H and O–H groups in total. The van der Waals surface area contributed by atoms with Gasteiger partial charge in [0.05, 0.1) is 18.8 Å². The summed E-state index contributed by atoms with van der Waals surface area (Å²) in [5.41, 5.74) is -0.0717. The minimum Gasteiger partial charge on any atom is -0.454 e. The molecule has 2 aliphatic heterocycles. The van der Waals surface area contributed by atoms with Crippen LogP contribution in [0.1, 0.15) is 12.8 Å². The number of fused-ring (bicyclic) bond motifs is 1. The number of amides is 2. The molecule has 142 valence electrons. The predicted molar refractivity (Wildman–Crippen MR) is 96.5 cm³/mol. The maximum atomic E-state index is 12.2. The van der Waals surface area contributed by atoms with Crippen molar-refractivity contribution >= 4 is 29.3 Å². The van der Waals surface area contributed by atoms with Crippen LogP contribution in [0, 0.1) is 0 Å². The minimum absolute atomic E-state index is 0.0760. The Hall–Kier alpha value is -1.97. The Kier molecular flexibility index (Phi) is 6.23. The number of rotatable bonds is 6. The van der Waals surface area contributed by atoms with Crippen LogP contribution >= 0.6 is 11.8 Å². The standard InChI is InChI=1S/C17H22N2O6S/c20-5-6-25-17(3-7-26-8-4-17)10-18-15(21)16(22)19-12-1-2-13-14(9-12)24-11-23-13/h1-2,9,20H,3-8,10-11H2,(H,18,21)(H,19,22). The van der Waals surface area contributed by atoms with Gasteiger partial charge in [-0.15, -0.1) is 0 Å². The number of carbonyl (C=O) groups excluding carboxylic acids is 2. The highest BCUT2D eigenvalue weighted by molar-refractivity contribution is 7.99. The lowest BCUT2D eigenvalue weighted by atomic mass is 9.96. The van der Waals surface area contributed by atoms with Crippen LogP contribution in [0.15, 0.2) is 18.2 Å². The summed E-state index contributed by atoms with van der Waals surface area (Å²) < 4.78 is 16.2. The van der Waals surface area contributed by atoms with Gasteiger partial charge in [-0.25, -0.2) is 0 Å². The molecule has 0 bridgehead atoms. The number of carbonyl (C=O) groups is 2. The molecule has 0 spiro atoms. The number of aliphatic hydroxyl groups is 1. The summed E-state index contributed by atoms with van der Waals surface area (Å²) in [5, 5.41) is 14.2. The van der Waals surface area contributed by atoms with Gasteiger partial charge in [-0.1, -0.05) is 0 Å². The van der Waals surface area contributed by atoms with E-state index in [0.717, 1.165) is 24.3 Å². The monoisotopic (exact) mass is 382 g/mol. The van der Waals surface area contributed by atoms with Crippen LogP contribution in [0.4, 0.5) is 5.69 Å². The van der Waals surface area contributed by atoms with Crippen molar-refractivity contribution in [3.63, 3.8) is 0 Å². The lowest BCUT2D eigenvalue weighted by Gasteiger charge is -2.36. The van der Waals surface area contributed by atoms with Crippen LogP contribution in [0.5, 0.6) is 11.5 Å². The van der Waals surface area contributed by atoms with E-state index in [9.17, 15) is 9.59 Å². The van der Waals surface area contributed by atoms with Gasteiger partial charge in [0.1, 0.15) is 0 Å². The molecule has 0 aliphatic carbocycles. The Morgan fingerprint density at radius 1 is 1.19 bits per heavy atom. The maximum absolute atomic E-state index is 12.2. The van der Waals surface area contributed by atoms with Crippen molar-refractivity contribution in [1.29, 1.82) is 0 Å². The second-order valence-corrected chi connectivity index (χ2v) is 7.30. The van der Waals surface area contributed by atoms with Gasteiger partial charge in [-0.05, 0) is 36.5 Å². The van der Waals surface area contributed by atoms with Crippen molar-refractivity contribution in [2.75, 3.05) is 43.4 Å². The molecule has 2 aliphatic rings. The average molecular weight is 382 g/mol. The molecular formula is C17H22N2O6S. The molecule has 0 radical (unpaired) electrons. The summed E-state index contributed by atoms with van der Waals surface area (Å²) in [6.07, 6.45) is 1.53. The van der Waals surface area contributed by atoms with E-state index in [0.29, 0.717) is 17.2 Å². The van der Waals surface area contributed by atoms with Gasteiger partial charge in [-0.2, -0.15) is 11.8 Å². The Morgan fingerprint density at radius 3 is 2.73 bits per heavy atom. The van der Waals surface area contributed by atoms with Crippen LogP contribution in [-0.4, -0.2) is 60.6 Å². The fourth-order valence-corrected chi connectivity index (χ4v) is 4.10. The molecule has 9 heteroatoms. The van der Waals surface area contributed by atoms with E-state index in [-0.39, 0.29) is 26.6 Å². The Morgan fingerprint density at radius 2 is 1.96 bits per heavy atom. The molecule has 0 saturated carbocycles. The number of ether oxygens (including phenoxy) is 3. The summed E-state index contributed by atoms with van der Waals surface area (Å²) in [4.78, 5) is 24.3. The smallest absolute Gasteiger partial charge is 0.313 e. The van der Waals surface area contributed by atoms with E-state index in [4.69, 9.17) is 19.3 Å². The highest BCUT2D eigenvalue weighted by atomic mass is 32.2. The summed E-state index contributed by atoms with van der Waals surface area (Å²) in [5.74, 6) is 1.49. The zero-order chi connectivity index (χ0) is 18.4. The van der Waals surface area contributed by atoms with Crippen molar-refractivity contribution in [3.8, 4) is 11.5 Å². The Balaban J connectivity index is 1.54. The third-order valence-electron chi connectivity index (χ3n) is 4.31. The quantitative estimate of drug-likeness (QED) is 0.623. The van der Waals surface area contributed by atoms with Crippen LogP contribution in [0.25, 0.3) is 0 Å². The number of aliphatic hydroxyl groups excluding tert-OH is 1. The van der Waals surface area contributed by atoms with Gasteiger partial charge in [0.2, 0.25) is 6.79 Å². The molecule has 0 unspecified atom stereocenters. The van der Waals surface area contributed by atoms with Gasteiger partial charge in [0, 0.05) is 18.3 Å². The zero-order valence-corrected chi connectivity index (χ0v) is 15.1. The SMILES string of the molecule is O=C(NCC1(OCCO)CCSCC1)C(=O)Nc1ccc2c(c1)OCO2. The van der Waals surface area contributed by atoms with Crippen molar-refractivity contribution in [3.05, 3.63) is 18.2 Å². The van der Waals surface area contributed by atoms with Gasteiger partial charge in [0.25, 0.3) is 0 Å². The first-order valence-corrected chi connectivity index (χ1v) is 9.59. The first kappa shape index (κ1) is 18.8. The Labute approximate surface area is 155 Å². The topological polar surface area (TPSA) is 106 Å². The normalized spacial score (nSPS) is 17.6. The van der Waals surface area contributed by atoms with Gasteiger partial charge >= 0.3 is 11.8 Å². The molecule has 1 aromatic carbocycles. The first-order chi connectivity index (χ1) is 12.6. The zero-order valence-electron chi connectivity index (χ0n) is 14.3. The Bertz CT molecular complexity index is 663. The molecule has 0 aromatic heterocycles. The van der Waals surface area contributed by atoms with Gasteiger partial charge in [-0.3, -0.25) is 9.59 Å². The fraction of sp³-hybridized carbons (Fsp3) is 0.529. The van der Waals surface area contributed by atoms with Crippen LogP contribution in [0.2, 0.25) is 0 Å². The van der Waals surface area contributed by atoms with E-state index < -0.39 is 17.4 Å². The molecule has 3 rings (SSSR count). The third-order valence-corrected chi connectivity index (χ3v) is 5.30. The second-order valence-electron chi connectivity index (χ2n) is 6.07. The number of thioether (sulfide) groups is 1. The molecule has 26 heavy (non-hydrogen) atoms. The van der Waals surface area contributed by atoms with E-state index >= 15 is 0 Å². The number of hydrogen-bond donors (Lipinski definition) is 3.